The minimum absolute atomic E-state index is 0.134. The molecular formula is C19H23F3N4O5. The summed E-state index contributed by atoms with van der Waals surface area (Å²) >= 11 is 0. The summed E-state index contributed by atoms with van der Waals surface area (Å²) in [6, 6.07) is 3.93. The average Bonchev–Trinajstić information content (AvgIpc) is 3.29. The molecule has 0 aliphatic carbocycles. The molecule has 170 valence electrons. The van der Waals surface area contributed by atoms with Crippen LogP contribution in [0.4, 0.5) is 13.2 Å². The van der Waals surface area contributed by atoms with Crippen LogP contribution in [0.1, 0.15) is 17.2 Å². The van der Waals surface area contributed by atoms with Crippen molar-refractivity contribution in [2.24, 2.45) is 10.9 Å². The van der Waals surface area contributed by atoms with Gasteiger partial charge in [-0.15, -0.1) is 0 Å². The molecule has 0 bridgehead atoms. The molecular weight excluding hydrogens is 421 g/mol. The zero-order chi connectivity index (χ0) is 22.3. The van der Waals surface area contributed by atoms with Crippen LogP contribution in [-0.2, 0) is 15.8 Å². The number of alkyl halides is 3. The van der Waals surface area contributed by atoms with E-state index < -0.39 is 42.4 Å². The fourth-order valence-electron chi connectivity index (χ4n) is 4.08. The largest absolute Gasteiger partial charge is 0.416 e. The van der Waals surface area contributed by atoms with Gasteiger partial charge in [0.1, 0.15) is 30.3 Å². The lowest BCUT2D eigenvalue weighted by Crippen LogP contribution is -2.57. The number of hydrogen-bond acceptors (Lipinski definition) is 9. The summed E-state index contributed by atoms with van der Waals surface area (Å²) in [4.78, 5) is 10.9. The number of nitrogens with one attached hydrogen (secondary N) is 2. The number of fused-ring (bicyclic) bond motifs is 1. The van der Waals surface area contributed by atoms with Gasteiger partial charge in [-0.05, 0) is 17.7 Å². The van der Waals surface area contributed by atoms with Crippen LogP contribution in [0, 0.1) is 5.92 Å². The standard InChI is InChI=1S/C19H23F3N4O5/c1-30-25-16-11-6-7-26(17(11)24-8-23-16)18-14(29)13(28)15(31-18)12(27)9-2-4-10(5-3-9)19(20,21)22/h2-7,11-15,17-18,24,27-29H,8H2,1H3,(H,23,25)/t11?,12-,13+,14-,15-,17?,18-/m1/s1. The summed E-state index contributed by atoms with van der Waals surface area (Å²) in [5, 5.41) is 34.9. The van der Waals surface area contributed by atoms with Crippen molar-refractivity contribution in [3.8, 4) is 0 Å². The number of hydroxylamine groups is 1. The molecule has 7 atom stereocenters. The lowest BCUT2D eigenvalue weighted by molar-refractivity contribution is -0.137. The summed E-state index contributed by atoms with van der Waals surface area (Å²) in [6.07, 6.45) is -7.82. The van der Waals surface area contributed by atoms with E-state index >= 15 is 0 Å². The Hall–Kier alpha value is -2.22. The topological polar surface area (TPSA) is 119 Å². The van der Waals surface area contributed by atoms with Gasteiger partial charge in [0.25, 0.3) is 0 Å². The first-order chi connectivity index (χ1) is 14.7. The van der Waals surface area contributed by atoms with E-state index in [1.807, 2.05) is 6.08 Å². The minimum Gasteiger partial charge on any atom is -0.387 e. The molecule has 3 aliphatic heterocycles. The highest BCUT2D eigenvalue weighted by atomic mass is 19.4. The monoisotopic (exact) mass is 444 g/mol. The molecule has 1 fully saturated rings. The number of aliphatic hydroxyl groups is 3. The molecule has 1 saturated heterocycles. The third-order valence-corrected chi connectivity index (χ3v) is 5.66. The van der Waals surface area contributed by atoms with Crippen molar-refractivity contribution < 1.29 is 38.1 Å². The van der Waals surface area contributed by atoms with E-state index in [1.165, 1.54) is 7.11 Å². The maximum Gasteiger partial charge on any atom is 0.416 e. The molecule has 0 aromatic heterocycles. The Bertz CT molecular complexity index is 850. The van der Waals surface area contributed by atoms with Crippen molar-refractivity contribution in [1.82, 2.24) is 15.7 Å². The maximum atomic E-state index is 12.8. The van der Waals surface area contributed by atoms with E-state index in [2.05, 4.69) is 15.8 Å². The molecule has 12 heteroatoms. The van der Waals surface area contributed by atoms with Crippen LogP contribution in [0.2, 0.25) is 0 Å². The van der Waals surface area contributed by atoms with Crippen LogP contribution in [0.5, 0.6) is 0 Å². The van der Waals surface area contributed by atoms with E-state index in [9.17, 15) is 28.5 Å². The Morgan fingerprint density at radius 3 is 2.61 bits per heavy atom. The van der Waals surface area contributed by atoms with Crippen molar-refractivity contribution in [3.63, 3.8) is 0 Å². The van der Waals surface area contributed by atoms with Gasteiger partial charge in [-0.1, -0.05) is 18.2 Å². The predicted molar refractivity (Wildman–Crippen MR) is 101 cm³/mol. The van der Waals surface area contributed by atoms with E-state index in [0.717, 1.165) is 24.3 Å². The highest BCUT2D eigenvalue weighted by molar-refractivity contribution is 5.87. The van der Waals surface area contributed by atoms with Crippen molar-refractivity contribution in [1.29, 1.82) is 0 Å². The summed E-state index contributed by atoms with van der Waals surface area (Å²) in [5.41, 5.74) is 1.99. The van der Waals surface area contributed by atoms with Crippen molar-refractivity contribution in [2.75, 3.05) is 13.8 Å². The SMILES string of the molecule is CONC1=NCNC2C1C=CN2[C@@H]1O[C@H]([C@H](O)c2ccc(C(F)(F)F)cc2)[C@@H](O)[C@H]1O. The van der Waals surface area contributed by atoms with E-state index in [4.69, 9.17) is 9.57 Å². The van der Waals surface area contributed by atoms with Gasteiger partial charge in [0.05, 0.1) is 31.4 Å². The molecule has 31 heavy (non-hydrogen) atoms. The highest BCUT2D eigenvalue weighted by Crippen LogP contribution is 2.37. The molecule has 3 heterocycles. The smallest absolute Gasteiger partial charge is 0.387 e. The number of benzene rings is 1. The number of nitrogens with zero attached hydrogens (tertiary/aromatic N) is 2. The second kappa shape index (κ2) is 8.37. The first kappa shape index (κ1) is 22.0. The number of aliphatic imine (C=N–C) groups is 1. The molecule has 0 amide bonds. The Morgan fingerprint density at radius 1 is 1.26 bits per heavy atom. The van der Waals surface area contributed by atoms with E-state index in [0.29, 0.717) is 5.84 Å². The van der Waals surface area contributed by atoms with E-state index in [-0.39, 0.29) is 24.3 Å². The van der Waals surface area contributed by atoms with Crippen LogP contribution in [0.3, 0.4) is 0 Å². The molecule has 3 aliphatic rings. The molecule has 4 rings (SSSR count). The fraction of sp³-hybridized carbons (Fsp3) is 0.526. The van der Waals surface area contributed by atoms with Crippen LogP contribution in [0.15, 0.2) is 41.5 Å². The van der Waals surface area contributed by atoms with Gasteiger partial charge < -0.3 is 25.0 Å². The third-order valence-electron chi connectivity index (χ3n) is 5.66. The molecule has 2 unspecified atom stereocenters. The first-order valence-corrected chi connectivity index (χ1v) is 9.61. The molecule has 1 aromatic carbocycles. The van der Waals surface area contributed by atoms with Gasteiger partial charge in [-0.25, -0.2) is 0 Å². The third kappa shape index (κ3) is 4.02. The number of amidine groups is 1. The fourth-order valence-corrected chi connectivity index (χ4v) is 4.08. The summed E-state index contributed by atoms with van der Waals surface area (Å²) in [6.45, 7) is 0.286. The number of halogens is 3. The molecule has 0 radical (unpaired) electrons. The summed E-state index contributed by atoms with van der Waals surface area (Å²) in [7, 11) is 1.46. The molecule has 0 saturated carbocycles. The second-order valence-corrected chi connectivity index (χ2v) is 7.51. The van der Waals surface area contributed by atoms with Crippen molar-refractivity contribution in [2.45, 2.75) is 43.0 Å². The molecule has 5 N–H and O–H groups in total. The number of rotatable bonds is 4. The van der Waals surface area contributed by atoms with Gasteiger partial charge in [-0.2, -0.15) is 13.2 Å². The maximum absolute atomic E-state index is 12.8. The molecule has 9 nitrogen and oxygen atoms in total. The van der Waals surface area contributed by atoms with Crippen molar-refractivity contribution >= 4 is 5.84 Å². The Kier molecular flexibility index (Phi) is 5.94. The van der Waals surface area contributed by atoms with E-state index in [1.54, 1.807) is 11.1 Å². The van der Waals surface area contributed by atoms with Crippen LogP contribution >= 0.6 is 0 Å². The summed E-state index contributed by atoms with van der Waals surface area (Å²) in [5.74, 6) is 0.361. The number of aliphatic hydroxyl groups excluding tert-OH is 3. The van der Waals surface area contributed by atoms with Crippen LogP contribution < -0.4 is 10.8 Å². The summed E-state index contributed by atoms with van der Waals surface area (Å²) < 4.78 is 44.1. The van der Waals surface area contributed by atoms with Crippen molar-refractivity contribution in [3.05, 3.63) is 47.7 Å². The minimum atomic E-state index is -4.50. The van der Waals surface area contributed by atoms with Gasteiger partial charge in [0.2, 0.25) is 0 Å². The van der Waals surface area contributed by atoms with Gasteiger partial charge in [0.15, 0.2) is 6.23 Å². The second-order valence-electron chi connectivity index (χ2n) is 7.51. The van der Waals surface area contributed by atoms with Crippen LogP contribution in [0.25, 0.3) is 0 Å². The quantitative estimate of drug-likeness (QED) is 0.414. The number of ether oxygens (including phenoxy) is 1. The Balaban J connectivity index is 1.48. The average molecular weight is 444 g/mol. The lowest BCUT2D eigenvalue weighted by atomic mass is 9.98. The van der Waals surface area contributed by atoms with Gasteiger partial charge in [-0.3, -0.25) is 20.6 Å². The lowest BCUT2D eigenvalue weighted by Gasteiger charge is -2.37. The van der Waals surface area contributed by atoms with Gasteiger partial charge >= 0.3 is 6.18 Å². The first-order valence-electron chi connectivity index (χ1n) is 9.61. The molecule has 1 aromatic rings. The number of hydrogen-bond donors (Lipinski definition) is 5. The Labute approximate surface area is 175 Å². The normalized spacial score (nSPS) is 33.9. The predicted octanol–water partition coefficient (Wildman–Crippen LogP) is 0.0673. The van der Waals surface area contributed by atoms with Crippen LogP contribution in [-0.4, -0.2) is 70.5 Å². The zero-order valence-corrected chi connectivity index (χ0v) is 16.4. The zero-order valence-electron chi connectivity index (χ0n) is 16.4. The Morgan fingerprint density at radius 2 is 1.97 bits per heavy atom. The highest BCUT2D eigenvalue weighted by Gasteiger charge is 2.51. The molecule has 0 spiro atoms. The van der Waals surface area contributed by atoms with Gasteiger partial charge in [0, 0.05) is 6.20 Å².